The van der Waals surface area contributed by atoms with Crippen LogP contribution in [-0.4, -0.2) is 18.5 Å². The van der Waals surface area contributed by atoms with Gasteiger partial charge in [0.1, 0.15) is 5.82 Å². The summed E-state index contributed by atoms with van der Waals surface area (Å²) in [6, 6.07) is 7.52. The van der Waals surface area contributed by atoms with Crippen LogP contribution >= 0.6 is 11.6 Å². The topological polar surface area (TPSA) is 46.9 Å². The quantitative estimate of drug-likeness (QED) is 0.916. The molecule has 0 spiro atoms. The summed E-state index contributed by atoms with van der Waals surface area (Å²) in [5, 5.41) is 0.706. The summed E-state index contributed by atoms with van der Waals surface area (Å²) >= 11 is 5.93. The number of hydrogen-bond acceptors (Lipinski definition) is 2. The van der Waals surface area contributed by atoms with E-state index in [0.29, 0.717) is 5.02 Å². The summed E-state index contributed by atoms with van der Waals surface area (Å²) in [6.07, 6.45) is 1.97. The van der Waals surface area contributed by atoms with Gasteiger partial charge in [0.15, 0.2) is 0 Å². The third kappa shape index (κ3) is 3.97. The molecule has 0 bridgehead atoms. The van der Waals surface area contributed by atoms with Crippen molar-refractivity contribution >= 4 is 22.6 Å². The Labute approximate surface area is 139 Å². The van der Waals surface area contributed by atoms with Gasteiger partial charge in [0.25, 0.3) is 0 Å². The van der Waals surface area contributed by atoms with E-state index in [1.54, 1.807) is 0 Å². The molecule has 0 saturated heterocycles. The van der Waals surface area contributed by atoms with Crippen LogP contribution in [0.15, 0.2) is 30.5 Å². The lowest BCUT2D eigenvalue weighted by atomic mass is 10.3. The molecule has 0 unspecified atom stereocenters. The van der Waals surface area contributed by atoms with Crippen molar-refractivity contribution in [3.63, 3.8) is 0 Å². The van der Waals surface area contributed by atoms with Crippen LogP contribution in [0.25, 0.3) is 5.69 Å². The molecule has 0 aliphatic carbocycles. The zero-order chi connectivity index (χ0) is 16.5. The molecule has 1 aromatic carbocycles. The molecule has 0 saturated carbocycles. The van der Waals surface area contributed by atoms with Crippen molar-refractivity contribution in [2.45, 2.75) is 45.4 Å². The predicted octanol–water partition coefficient (Wildman–Crippen LogP) is 3.95. The molecule has 2 atom stereocenters. The molecule has 1 heterocycles. The van der Waals surface area contributed by atoms with Gasteiger partial charge in [-0.1, -0.05) is 11.6 Å². The van der Waals surface area contributed by atoms with Crippen molar-refractivity contribution in [2.24, 2.45) is 0 Å². The molecule has 0 aliphatic rings. The first kappa shape index (κ1) is 17.2. The Morgan fingerprint density at radius 1 is 1.27 bits per heavy atom. The molecular weight excluding hydrogens is 318 g/mol. The van der Waals surface area contributed by atoms with E-state index in [1.165, 1.54) is 0 Å². The number of benzene rings is 1. The summed E-state index contributed by atoms with van der Waals surface area (Å²) in [4.78, 5) is 4.58. The van der Waals surface area contributed by atoms with Gasteiger partial charge in [-0.15, -0.1) is 0 Å². The van der Waals surface area contributed by atoms with Crippen molar-refractivity contribution < 1.29 is 4.21 Å². The van der Waals surface area contributed by atoms with Crippen LogP contribution in [0, 0.1) is 6.92 Å². The highest BCUT2D eigenvalue weighted by atomic mass is 35.5. The third-order valence-electron chi connectivity index (χ3n) is 3.29. The molecule has 1 N–H and O–H groups in total. The molecular formula is C16H22ClN3OS. The molecule has 0 amide bonds. The van der Waals surface area contributed by atoms with E-state index in [2.05, 4.69) is 9.71 Å². The van der Waals surface area contributed by atoms with Gasteiger partial charge in [0.2, 0.25) is 0 Å². The van der Waals surface area contributed by atoms with Crippen LogP contribution in [-0.2, 0) is 11.0 Å². The maximum absolute atomic E-state index is 12.2. The molecule has 6 heteroatoms. The van der Waals surface area contributed by atoms with E-state index in [1.807, 2.05) is 69.6 Å². The monoisotopic (exact) mass is 339 g/mol. The van der Waals surface area contributed by atoms with E-state index < -0.39 is 11.0 Å². The lowest BCUT2D eigenvalue weighted by Crippen LogP contribution is -2.34. The van der Waals surface area contributed by atoms with Crippen LogP contribution in [0.5, 0.6) is 0 Å². The Hall–Kier alpha value is -1.17. The number of nitrogens with zero attached hydrogens (tertiary/aromatic N) is 2. The lowest BCUT2D eigenvalue weighted by Gasteiger charge is -2.21. The Bertz CT molecular complexity index is 674. The summed E-state index contributed by atoms with van der Waals surface area (Å²) in [5.74, 6) is 0.882. The van der Waals surface area contributed by atoms with Crippen LogP contribution < -0.4 is 4.72 Å². The smallest absolute Gasteiger partial charge is 0.110 e. The predicted molar refractivity (Wildman–Crippen MR) is 92.8 cm³/mol. The van der Waals surface area contributed by atoms with E-state index in [0.717, 1.165) is 17.2 Å². The minimum atomic E-state index is -1.13. The van der Waals surface area contributed by atoms with E-state index >= 15 is 0 Å². The number of nitrogens with one attached hydrogen (secondary N) is 1. The first-order chi connectivity index (χ1) is 10.2. The standard InChI is InChI=1S/C16H22ClN3OS/c1-11(19-22(21)16(3,4)5)15-10-20(12(2)18-15)14-8-6-13(17)7-9-14/h6-11,19H,1-5H3/t11-,22+/m0/s1. The molecule has 4 nitrogen and oxygen atoms in total. The summed E-state index contributed by atoms with van der Waals surface area (Å²) in [5.41, 5.74) is 1.87. The van der Waals surface area contributed by atoms with E-state index in [4.69, 9.17) is 11.6 Å². The second-order valence-electron chi connectivity index (χ2n) is 6.28. The van der Waals surface area contributed by atoms with Crippen LogP contribution in [0.4, 0.5) is 0 Å². The normalized spacial score (nSPS) is 14.8. The van der Waals surface area contributed by atoms with Gasteiger partial charge in [-0.25, -0.2) is 13.9 Å². The fourth-order valence-electron chi connectivity index (χ4n) is 1.96. The van der Waals surface area contributed by atoms with Gasteiger partial charge in [0.05, 0.1) is 27.5 Å². The average molecular weight is 340 g/mol. The van der Waals surface area contributed by atoms with Crippen LogP contribution in [0.2, 0.25) is 5.02 Å². The van der Waals surface area contributed by atoms with Crippen LogP contribution in [0.3, 0.4) is 0 Å². The van der Waals surface area contributed by atoms with Crippen molar-refractivity contribution in [3.8, 4) is 5.69 Å². The van der Waals surface area contributed by atoms with Gasteiger partial charge in [-0.2, -0.15) is 0 Å². The first-order valence-corrected chi connectivity index (χ1v) is 8.71. The SMILES string of the molecule is Cc1nc([C@H](C)N[S@](=O)C(C)(C)C)cn1-c1ccc(Cl)cc1. The van der Waals surface area contributed by atoms with Crippen molar-refractivity contribution in [3.05, 3.63) is 47.0 Å². The minimum Gasteiger partial charge on any atom is -0.304 e. The first-order valence-electron chi connectivity index (χ1n) is 7.18. The number of hydrogen-bond donors (Lipinski definition) is 1. The third-order valence-corrected chi connectivity index (χ3v) is 5.22. The Kier molecular flexibility index (Phi) is 5.10. The largest absolute Gasteiger partial charge is 0.304 e. The van der Waals surface area contributed by atoms with Gasteiger partial charge < -0.3 is 4.57 Å². The molecule has 22 heavy (non-hydrogen) atoms. The molecule has 0 radical (unpaired) electrons. The molecule has 2 rings (SSSR count). The molecule has 1 aromatic heterocycles. The lowest BCUT2D eigenvalue weighted by molar-refractivity contribution is 0.612. The van der Waals surface area contributed by atoms with Gasteiger partial charge in [-0.3, -0.25) is 0 Å². The second kappa shape index (κ2) is 6.52. The number of halogens is 1. The maximum Gasteiger partial charge on any atom is 0.110 e. The Morgan fingerprint density at radius 3 is 2.41 bits per heavy atom. The number of aromatic nitrogens is 2. The number of rotatable bonds is 4. The van der Waals surface area contributed by atoms with Crippen molar-refractivity contribution in [1.29, 1.82) is 0 Å². The summed E-state index contributed by atoms with van der Waals surface area (Å²) in [6.45, 7) is 9.75. The minimum absolute atomic E-state index is 0.0905. The van der Waals surface area contributed by atoms with Gasteiger partial charge in [-0.05, 0) is 58.9 Å². The fraction of sp³-hybridized carbons (Fsp3) is 0.438. The summed E-state index contributed by atoms with van der Waals surface area (Å²) in [7, 11) is -1.13. The molecule has 0 fully saturated rings. The molecule has 0 aliphatic heterocycles. The highest BCUT2D eigenvalue weighted by molar-refractivity contribution is 7.84. The van der Waals surface area contributed by atoms with Gasteiger partial charge in [0, 0.05) is 16.9 Å². The number of imidazole rings is 1. The van der Waals surface area contributed by atoms with E-state index in [9.17, 15) is 4.21 Å². The van der Waals surface area contributed by atoms with Gasteiger partial charge >= 0.3 is 0 Å². The highest BCUT2D eigenvalue weighted by Gasteiger charge is 2.23. The zero-order valence-corrected chi connectivity index (χ0v) is 15.1. The highest BCUT2D eigenvalue weighted by Crippen LogP contribution is 2.20. The average Bonchev–Trinajstić information content (AvgIpc) is 2.81. The summed E-state index contributed by atoms with van der Waals surface area (Å²) < 4.78 is 17.0. The number of aryl methyl sites for hydroxylation is 1. The Balaban J connectivity index is 2.22. The maximum atomic E-state index is 12.2. The van der Waals surface area contributed by atoms with Crippen molar-refractivity contribution in [2.75, 3.05) is 0 Å². The second-order valence-corrected chi connectivity index (χ2v) is 8.71. The molecule has 2 aromatic rings. The Morgan fingerprint density at radius 2 is 1.86 bits per heavy atom. The van der Waals surface area contributed by atoms with E-state index in [-0.39, 0.29) is 10.8 Å². The fourth-order valence-corrected chi connectivity index (χ4v) is 2.89. The van der Waals surface area contributed by atoms with Crippen molar-refractivity contribution in [1.82, 2.24) is 14.3 Å². The van der Waals surface area contributed by atoms with Crippen LogP contribution in [0.1, 0.15) is 45.3 Å². The zero-order valence-electron chi connectivity index (χ0n) is 13.6. The molecule has 120 valence electrons.